The minimum Gasteiger partial charge on any atom is -0.353 e. The molecule has 1 saturated heterocycles. The Kier molecular flexibility index (Phi) is 8.53. The number of nitrogens with one attached hydrogen (secondary N) is 1. The fraction of sp³-hybridized carbons (Fsp3) is 0.667. The first-order chi connectivity index (χ1) is 12.4. The Morgan fingerprint density at radius 2 is 1.88 bits per heavy atom. The lowest BCUT2D eigenvalue weighted by Gasteiger charge is -2.34. The summed E-state index contributed by atoms with van der Waals surface area (Å²) in [5, 5.41) is 5.03. The van der Waals surface area contributed by atoms with E-state index in [0.29, 0.717) is 19.6 Å². The molecule has 0 saturated carbocycles. The molecule has 6 nitrogen and oxygen atoms in total. The zero-order valence-electron chi connectivity index (χ0n) is 15.8. The van der Waals surface area contributed by atoms with Crippen LogP contribution in [0.25, 0.3) is 0 Å². The molecule has 8 heteroatoms. The third kappa shape index (κ3) is 6.98. The summed E-state index contributed by atoms with van der Waals surface area (Å²) in [5.74, 6) is 0.225. The molecule has 0 spiro atoms. The Morgan fingerprint density at radius 3 is 2.42 bits per heavy atom. The SMILES string of the molecule is CC[C@H](C)NC(=O)CN1CCN(CC(=O)N(C)Cc2cc(Br)cs2)CC1. The largest absolute Gasteiger partial charge is 0.353 e. The maximum absolute atomic E-state index is 12.4. The molecule has 2 amide bonds. The lowest BCUT2D eigenvalue weighted by Crippen LogP contribution is -2.52. The fourth-order valence-corrected chi connectivity index (χ4v) is 4.31. The van der Waals surface area contributed by atoms with Gasteiger partial charge in [-0.15, -0.1) is 11.3 Å². The molecule has 1 aliphatic heterocycles. The van der Waals surface area contributed by atoms with Crippen LogP contribution in [0.15, 0.2) is 15.9 Å². The van der Waals surface area contributed by atoms with Gasteiger partial charge in [0.25, 0.3) is 0 Å². The number of carbonyl (C=O) groups is 2. The Morgan fingerprint density at radius 1 is 1.27 bits per heavy atom. The molecule has 0 aromatic carbocycles. The van der Waals surface area contributed by atoms with E-state index in [2.05, 4.69) is 44.0 Å². The second-order valence-corrected chi connectivity index (χ2v) is 8.82. The lowest BCUT2D eigenvalue weighted by atomic mass is 10.2. The van der Waals surface area contributed by atoms with E-state index in [-0.39, 0.29) is 17.9 Å². The van der Waals surface area contributed by atoms with Crippen molar-refractivity contribution >= 4 is 39.1 Å². The predicted molar refractivity (Wildman–Crippen MR) is 109 cm³/mol. The average Bonchev–Trinajstić information content (AvgIpc) is 3.01. The Balaban J connectivity index is 1.69. The van der Waals surface area contributed by atoms with Crippen LogP contribution in [0.3, 0.4) is 0 Å². The highest BCUT2D eigenvalue weighted by molar-refractivity contribution is 9.10. The number of hydrogen-bond donors (Lipinski definition) is 1. The van der Waals surface area contributed by atoms with Gasteiger partial charge in [-0.1, -0.05) is 6.92 Å². The van der Waals surface area contributed by atoms with Crippen molar-refractivity contribution in [2.75, 3.05) is 46.3 Å². The van der Waals surface area contributed by atoms with E-state index in [1.807, 2.05) is 19.4 Å². The zero-order valence-corrected chi connectivity index (χ0v) is 18.2. The molecule has 1 aromatic heterocycles. The molecule has 2 heterocycles. The van der Waals surface area contributed by atoms with Crippen LogP contribution in [0.1, 0.15) is 25.1 Å². The molecule has 0 radical (unpaired) electrons. The van der Waals surface area contributed by atoms with Gasteiger partial charge in [0.1, 0.15) is 0 Å². The number of nitrogens with zero attached hydrogens (tertiary/aromatic N) is 3. The van der Waals surface area contributed by atoms with Gasteiger partial charge in [-0.2, -0.15) is 0 Å². The quantitative estimate of drug-likeness (QED) is 0.665. The molecular formula is C18H29BrN4O2S. The first-order valence-electron chi connectivity index (χ1n) is 9.08. The van der Waals surface area contributed by atoms with E-state index >= 15 is 0 Å². The Hall–Kier alpha value is -0.960. The molecule has 1 aromatic rings. The second-order valence-electron chi connectivity index (χ2n) is 6.91. The van der Waals surface area contributed by atoms with Crippen molar-refractivity contribution in [1.82, 2.24) is 20.0 Å². The van der Waals surface area contributed by atoms with Gasteiger partial charge in [-0.05, 0) is 35.3 Å². The monoisotopic (exact) mass is 444 g/mol. The summed E-state index contributed by atoms with van der Waals surface area (Å²) in [6.45, 7) is 8.90. The first kappa shape index (κ1) is 21.3. The van der Waals surface area contributed by atoms with Crippen molar-refractivity contribution in [2.24, 2.45) is 0 Å². The fourth-order valence-electron chi connectivity index (χ4n) is 2.80. The summed E-state index contributed by atoms with van der Waals surface area (Å²) < 4.78 is 1.06. The number of halogens is 1. The van der Waals surface area contributed by atoms with E-state index in [1.165, 1.54) is 4.88 Å². The standard InChI is InChI=1S/C18H29BrN4O2S/c1-4-14(2)20-17(24)11-22-5-7-23(8-6-22)12-18(25)21(3)10-16-9-15(19)13-26-16/h9,13-14H,4-8,10-12H2,1-3H3,(H,20,24)/t14-/m0/s1. The normalized spacial score (nSPS) is 17.1. The molecular weight excluding hydrogens is 416 g/mol. The molecule has 2 rings (SSSR count). The number of likely N-dealkylation sites (N-methyl/N-ethyl adjacent to an activating group) is 1. The summed E-state index contributed by atoms with van der Waals surface area (Å²) in [7, 11) is 1.85. The van der Waals surface area contributed by atoms with Gasteiger partial charge in [0.05, 0.1) is 19.6 Å². The predicted octanol–water partition coefficient (Wildman–Crippen LogP) is 2.00. The van der Waals surface area contributed by atoms with Crippen molar-refractivity contribution in [3.63, 3.8) is 0 Å². The van der Waals surface area contributed by atoms with Crippen LogP contribution < -0.4 is 5.32 Å². The second kappa shape index (κ2) is 10.4. The van der Waals surface area contributed by atoms with Crippen LogP contribution in [0.2, 0.25) is 0 Å². The summed E-state index contributed by atoms with van der Waals surface area (Å²) in [6, 6.07) is 2.28. The van der Waals surface area contributed by atoms with E-state index < -0.39 is 0 Å². The van der Waals surface area contributed by atoms with Gasteiger partial charge in [0.2, 0.25) is 11.8 Å². The van der Waals surface area contributed by atoms with Gasteiger partial charge in [-0.3, -0.25) is 19.4 Å². The van der Waals surface area contributed by atoms with Crippen LogP contribution in [0.5, 0.6) is 0 Å². The summed E-state index contributed by atoms with van der Waals surface area (Å²) >= 11 is 5.10. The van der Waals surface area contributed by atoms with Gasteiger partial charge >= 0.3 is 0 Å². The molecule has 0 bridgehead atoms. The van der Waals surface area contributed by atoms with E-state index in [9.17, 15) is 9.59 Å². The smallest absolute Gasteiger partial charge is 0.236 e. The van der Waals surface area contributed by atoms with Crippen molar-refractivity contribution in [3.05, 3.63) is 20.8 Å². The highest BCUT2D eigenvalue weighted by atomic mass is 79.9. The number of rotatable bonds is 8. The van der Waals surface area contributed by atoms with Crippen LogP contribution in [-0.4, -0.2) is 78.9 Å². The van der Waals surface area contributed by atoms with E-state index in [0.717, 1.165) is 37.1 Å². The van der Waals surface area contributed by atoms with Crippen LogP contribution >= 0.6 is 27.3 Å². The van der Waals surface area contributed by atoms with Gasteiger partial charge in [-0.25, -0.2) is 0 Å². The topological polar surface area (TPSA) is 55.9 Å². The highest BCUT2D eigenvalue weighted by Gasteiger charge is 2.22. The molecule has 26 heavy (non-hydrogen) atoms. The Labute approximate surface area is 168 Å². The van der Waals surface area contributed by atoms with Gasteiger partial charge in [0, 0.05) is 54.0 Å². The summed E-state index contributed by atoms with van der Waals surface area (Å²) in [6.07, 6.45) is 0.942. The van der Waals surface area contributed by atoms with E-state index in [1.54, 1.807) is 16.2 Å². The van der Waals surface area contributed by atoms with Gasteiger partial charge in [0.15, 0.2) is 0 Å². The molecule has 1 atom stereocenters. The maximum Gasteiger partial charge on any atom is 0.236 e. The minimum atomic E-state index is 0.0886. The molecule has 1 N–H and O–H groups in total. The first-order valence-corrected chi connectivity index (χ1v) is 10.8. The zero-order chi connectivity index (χ0) is 19.1. The highest BCUT2D eigenvalue weighted by Crippen LogP contribution is 2.20. The number of thiophene rings is 1. The lowest BCUT2D eigenvalue weighted by molar-refractivity contribution is -0.132. The van der Waals surface area contributed by atoms with Crippen molar-refractivity contribution in [1.29, 1.82) is 0 Å². The number of piperazine rings is 1. The third-order valence-electron chi connectivity index (χ3n) is 4.65. The molecule has 146 valence electrons. The van der Waals surface area contributed by atoms with Crippen LogP contribution in [0.4, 0.5) is 0 Å². The molecule has 1 aliphatic rings. The molecule has 1 fully saturated rings. The van der Waals surface area contributed by atoms with Crippen molar-refractivity contribution in [2.45, 2.75) is 32.9 Å². The molecule has 0 aliphatic carbocycles. The van der Waals surface area contributed by atoms with Crippen LogP contribution in [-0.2, 0) is 16.1 Å². The van der Waals surface area contributed by atoms with Crippen molar-refractivity contribution in [3.8, 4) is 0 Å². The average molecular weight is 445 g/mol. The maximum atomic E-state index is 12.4. The minimum absolute atomic E-state index is 0.0886. The molecule has 0 unspecified atom stereocenters. The number of amides is 2. The third-order valence-corrected chi connectivity index (χ3v) is 6.33. The number of carbonyl (C=O) groups excluding carboxylic acids is 2. The van der Waals surface area contributed by atoms with Gasteiger partial charge < -0.3 is 10.2 Å². The Bertz CT molecular complexity index is 602. The van der Waals surface area contributed by atoms with Crippen molar-refractivity contribution < 1.29 is 9.59 Å². The van der Waals surface area contributed by atoms with E-state index in [4.69, 9.17) is 0 Å². The number of hydrogen-bond acceptors (Lipinski definition) is 5. The van der Waals surface area contributed by atoms with Crippen LogP contribution in [0, 0.1) is 0 Å². The summed E-state index contributed by atoms with van der Waals surface area (Å²) in [5.41, 5.74) is 0. The summed E-state index contributed by atoms with van der Waals surface area (Å²) in [4.78, 5) is 31.7.